The predicted octanol–water partition coefficient (Wildman–Crippen LogP) is 6.70. The quantitative estimate of drug-likeness (QED) is 0.112. The predicted molar refractivity (Wildman–Crippen MR) is 116 cm³/mol. The average molecular weight is 474 g/mol. The summed E-state index contributed by atoms with van der Waals surface area (Å²) in [5, 5.41) is 0. The normalized spacial score (nSPS) is 11.5. The van der Waals surface area contributed by atoms with Gasteiger partial charge in [0.25, 0.3) is 0 Å². The van der Waals surface area contributed by atoms with Gasteiger partial charge in [-0.3, -0.25) is 0 Å². The topological polar surface area (TPSA) is 46.1 Å². The third-order valence-electron chi connectivity index (χ3n) is 4.75. The van der Waals surface area contributed by atoms with Crippen molar-refractivity contribution in [2.45, 2.75) is 122 Å². The Hall–Kier alpha value is 1.54. The van der Waals surface area contributed by atoms with Gasteiger partial charge in [0.15, 0.2) is 0 Å². The van der Waals surface area contributed by atoms with Gasteiger partial charge in [-0.15, -0.1) is 11.8 Å². The summed E-state index contributed by atoms with van der Waals surface area (Å²) in [5.74, 6) is 0.670. The molecule has 0 rings (SSSR count). The van der Waals surface area contributed by atoms with E-state index < -0.39 is 5.69 Å². The molecule has 0 bridgehead atoms. The van der Waals surface area contributed by atoms with E-state index in [1.54, 1.807) is 0 Å². The second-order valence-electron chi connectivity index (χ2n) is 7.29. The number of unbranched alkanes of at least 4 members (excludes halogenated alkanes) is 17. The van der Waals surface area contributed by atoms with E-state index in [4.69, 9.17) is 0 Å². The van der Waals surface area contributed by atoms with Crippen LogP contribution in [-0.4, -0.2) is 5.75 Å². The Bertz CT molecular complexity index is 314. The van der Waals surface area contributed by atoms with Crippen molar-refractivity contribution in [1.82, 2.24) is 0 Å². The molecule has 0 aliphatic rings. The first-order valence-electron chi connectivity index (χ1n) is 10.7. The van der Waals surface area contributed by atoms with E-state index in [1.165, 1.54) is 103 Å². The monoisotopic (exact) mass is 472 g/mol. The van der Waals surface area contributed by atoms with Gasteiger partial charge >= 0.3 is 19.5 Å². The Morgan fingerprint density at radius 1 is 0.577 bits per heavy atom. The molecule has 0 amide bonds. The molecule has 0 saturated heterocycles. The van der Waals surface area contributed by atoms with Crippen LogP contribution < -0.4 is 9.79 Å². The molecule has 0 aliphatic carbocycles. The van der Waals surface area contributed by atoms with Crippen LogP contribution in [0.25, 0.3) is 0 Å². The second kappa shape index (κ2) is 22.8. The van der Waals surface area contributed by atoms with Crippen LogP contribution in [0.4, 0.5) is 0 Å². The molecular weight excluding hydrogens is 433 g/mol. The Morgan fingerprint density at radius 2 is 0.846 bits per heavy atom. The minimum Gasteiger partial charge on any atom is -0.825 e. The Morgan fingerprint density at radius 3 is 1.12 bits per heavy atom. The van der Waals surface area contributed by atoms with Crippen LogP contribution in [0.5, 0.6) is 0 Å². The molecule has 0 atom stereocenters. The van der Waals surface area contributed by atoms with Crippen molar-refractivity contribution in [2.75, 3.05) is 5.75 Å². The van der Waals surface area contributed by atoms with Crippen molar-refractivity contribution >= 4 is 28.9 Å². The fourth-order valence-corrected chi connectivity index (χ4v) is 5.47. The summed E-state index contributed by atoms with van der Waals surface area (Å²) in [4.78, 5) is 21.6. The van der Waals surface area contributed by atoms with Gasteiger partial charge in [0.05, 0.1) is 0 Å². The minimum atomic E-state index is -3.51. The minimum absolute atomic E-state index is 0. The molecule has 0 N–H and O–H groups in total. The Kier molecular flexibility index (Phi) is 26.1. The molecule has 0 aromatic carbocycles. The van der Waals surface area contributed by atoms with E-state index in [1.807, 2.05) is 0 Å². The SMILES string of the molecule is CCCCCCCCCCCCCCCCCCCCSP([O-])([O-])=S.[Zn+2]. The molecule has 0 spiro atoms. The first kappa shape index (κ1) is 29.7. The molecule has 0 radical (unpaired) electrons. The van der Waals surface area contributed by atoms with Gasteiger partial charge in [0.2, 0.25) is 0 Å². The van der Waals surface area contributed by atoms with Crippen LogP contribution in [0.2, 0.25) is 0 Å². The van der Waals surface area contributed by atoms with Gasteiger partial charge in [0, 0.05) is 0 Å². The molecule has 0 aliphatic heterocycles. The van der Waals surface area contributed by atoms with Gasteiger partial charge in [-0.2, -0.15) is 17.1 Å². The van der Waals surface area contributed by atoms with E-state index in [2.05, 4.69) is 18.7 Å². The van der Waals surface area contributed by atoms with Gasteiger partial charge in [0.1, 0.15) is 0 Å². The van der Waals surface area contributed by atoms with Crippen LogP contribution in [0.1, 0.15) is 122 Å². The summed E-state index contributed by atoms with van der Waals surface area (Å²) in [7, 11) is 0. The van der Waals surface area contributed by atoms with E-state index in [0.29, 0.717) is 5.75 Å². The van der Waals surface area contributed by atoms with Crippen molar-refractivity contribution in [3.05, 3.63) is 0 Å². The first-order valence-corrected chi connectivity index (χ1v) is 15.0. The molecule has 2 nitrogen and oxygen atoms in total. The third-order valence-corrected chi connectivity index (χ3v) is 7.98. The fourth-order valence-electron chi connectivity index (χ4n) is 3.18. The van der Waals surface area contributed by atoms with Gasteiger partial charge in [-0.1, -0.05) is 116 Å². The second-order valence-corrected chi connectivity index (χ2v) is 13.2. The van der Waals surface area contributed by atoms with Crippen molar-refractivity contribution in [2.24, 2.45) is 0 Å². The number of hydrogen-bond acceptors (Lipinski definition) is 4. The molecular formula is C20H41O2PS2Zn. The zero-order valence-electron chi connectivity index (χ0n) is 17.2. The molecule has 0 aromatic heterocycles. The molecule has 26 heavy (non-hydrogen) atoms. The Labute approximate surface area is 185 Å². The number of rotatable bonds is 20. The summed E-state index contributed by atoms with van der Waals surface area (Å²) in [6.07, 6.45) is 24.4. The van der Waals surface area contributed by atoms with Crippen molar-refractivity contribution < 1.29 is 29.3 Å². The van der Waals surface area contributed by atoms with E-state index >= 15 is 0 Å². The van der Waals surface area contributed by atoms with Crippen LogP contribution in [0.15, 0.2) is 0 Å². The molecule has 0 aromatic rings. The zero-order valence-corrected chi connectivity index (χ0v) is 22.7. The van der Waals surface area contributed by atoms with E-state index in [9.17, 15) is 9.79 Å². The smallest absolute Gasteiger partial charge is 0.825 e. The van der Waals surface area contributed by atoms with Crippen LogP contribution in [-0.2, 0) is 31.3 Å². The van der Waals surface area contributed by atoms with E-state index in [0.717, 1.165) is 24.2 Å². The fraction of sp³-hybridized carbons (Fsp3) is 1.00. The molecule has 0 heterocycles. The molecule has 0 saturated carbocycles. The van der Waals surface area contributed by atoms with Crippen LogP contribution in [0.3, 0.4) is 0 Å². The Balaban J connectivity index is 0. The summed E-state index contributed by atoms with van der Waals surface area (Å²) in [6.45, 7) is 2.28. The van der Waals surface area contributed by atoms with Gasteiger partial charge in [-0.05, 0) is 12.2 Å². The maximum atomic E-state index is 10.8. The maximum Gasteiger partial charge on any atom is 2.00 e. The van der Waals surface area contributed by atoms with Crippen molar-refractivity contribution in [3.8, 4) is 0 Å². The molecule has 0 fully saturated rings. The number of hydrogen-bond donors (Lipinski definition) is 0. The van der Waals surface area contributed by atoms with E-state index in [-0.39, 0.29) is 19.5 Å². The first-order chi connectivity index (χ1) is 12.1. The van der Waals surface area contributed by atoms with Crippen LogP contribution in [0, 0.1) is 0 Å². The molecule has 152 valence electrons. The molecule has 6 heteroatoms. The van der Waals surface area contributed by atoms with Crippen molar-refractivity contribution in [1.29, 1.82) is 0 Å². The van der Waals surface area contributed by atoms with Crippen molar-refractivity contribution in [3.63, 3.8) is 0 Å². The summed E-state index contributed by atoms with van der Waals surface area (Å²) in [6, 6.07) is 0. The van der Waals surface area contributed by atoms with Crippen LogP contribution >= 0.6 is 17.1 Å². The zero-order chi connectivity index (χ0) is 18.6. The largest absolute Gasteiger partial charge is 2.00 e. The summed E-state index contributed by atoms with van der Waals surface area (Å²) in [5.41, 5.74) is -3.51. The summed E-state index contributed by atoms with van der Waals surface area (Å²) >= 11 is 5.30. The van der Waals surface area contributed by atoms with Gasteiger partial charge in [-0.25, -0.2) is 0 Å². The maximum absolute atomic E-state index is 10.8. The standard InChI is InChI=1S/C20H43O2PS2.Zn/c1-2-3-4-5-6-7-8-9-10-11-12-13-14-15-16-17-18-19-20-25-23(21,22)24;/h2-20H2,1H3,(H2,21,22,24);/q;+2/p-2. The summed E-state index contributed by atoms with van der Waals surface area (Å²) < 4.78 is 0. The molecule has 0 unspecified atom stereocenters. The third kappa shape index (κ3) is 27.8. The average Bonchev–Trinajstić information content (AvgIpc) is 2.56. The van der Waals surface area contributed by atoms with Gasteiger partial charge < -0.3 is 9.79 Å².